The van der Waals surface area contributed by atoms with Crippen molar-refractivity contribution in [2.24, 2.45) is 0 Å². The fourth-order valence-electron chi connectivity index (χ4n) is 2.59. The number of carbonyl (C=O) groups excluding carboxylic acids is 1. The summed E-state index contributed by atoms with van der Waals surface area (Å²) in [6, 6.07) is 1.80. The number of carbonyl (C=O) groups is 1. The van der Waals surface area contributed by atoms with Gasteiger partial charge in [0.1, 0.15) is 17.5 Å². The summed E-state index contributed by atoms with van der Waals surface area (Å²) in [5.41, 5.74) is 2.34. The zero-order valence-electron chi connectivity index (χ0n) is 11.6. The summed E-state index contributed by atoms with van der Waals surface area (Å²) < 4.78 is 6.86. The molecule has 0 bridgehead atoms. The molecule has 8 heteroatoms. The molecule has 0 N–H and O–H groups in total. The van der Waals surface area contributed by atoms with Crippen molar-refractivity contribution in [3.05, 3.63) is 45.6 Å². The first-order valence-electron chi connectivity index (χ1n) is 6.85. The molecule has 0 saturated carbocycles. The standard InChI is InChI=1S/C14H12N4O3S/c19-12(17-3-1-10-9(5-17)7-21-16-10)6-18-8-15-11-2-4-22-13(11)14(18)20/h2,4,7-8H,1,3,5-6H2. The lowest BCUT2D eigenvalue weighted by atomic mass is 10.1. The molecule has 0 spiro atoms. The van der Waals surface area contributed by atoms with E-state index in [2.05, 4.69) is 10.1 Å². The average Bonchev–Trinajstić information content (AvgIpc) is 3.17. The molecule has 0 fully saturated rings. The third kappa shape index (κ3) is 2.12. The lowest BCUT2D eigenvalue weighted by molar-refractivity contribution is -0.132. The molecule has 112 valence electrons. The molecule has 7 nitrogen and oxygen atoms in total. The summed E-state index contributed by atoms with van der Waals surface area (Å²) in [5.74, 6) is -0.105. The number of amides is 1. The van der Waals surface area contributed by atoms with Gasteiger partial charge < -0.3 is 9.42 Å². The number of nitrogens with zero attached hydrogens (tertiary/aromatic N) is 4. The number of aromatic nitrogens is 3. The number of hydrogen-bond donors (Lipinski definition) is 0. The van der Waals surface area contributed by atoms with Crippen molar-refractivity contribution in [1.29, 1.82) is 0 Å². The third-order valence-electron chi connectivity index (χ3n) is 3.80. The zero-order valence-corrected chi connectivity index (χ0v) is 12.4. The van der Waals surface area contributed by atoms with Gasteiger partial charge in [0, 0.05) is 18.5 Å². The highest BCUT2D eigenvalue weighted by atomic mass is 32.1. The van der Waals surface area contributed by atoms with Crippen LogP contribution in [-0.2, 0) is 24.3 Å². The van der Waals surface area contributed by atoms with E-state index in [-0.39, 0.29) is 18.0 Å². The topological polar surface area (TPSA) is 81.2 Å². The summed E-state index contributed by atoms with van der Waals surface area (Å²) in [4.78, 5) is 30.6. The highest BCUT2D eigenvalue weighted by Gasteiger charge is 2.23. The number of rotatable bonds is 2. The van der Waals surface area contributed by atoms with Crippen LogP contribution < -0.4 is 5.56 Å². The number of fused-ring (bicyclic) bond motifs is 2. The van der Waals surface area contributed by atoms with Gasteiger partial charge in [0.25, 0.3) is 5.56 Å². The van der Waals surface area contributed by atoms with E-state index in [4.69, 9.17) is 4.52 Å². The molecule has 0 aromatic carbocycles. The Morgan fingerprint density at radius 2 is 2.36 bits per heavy atom. The highest BCUT2D eigenvalue weighted by molar-refractivity contribution is 7.17. The molecule has 0 saturated heterocycles. The van der Waals surface area contributed by atoms with E-state index in [1.165, 1.54) is 22.2 Å². The summed E-state index contributed by atoms with van der Waals surface area (Å²) in [6.07, 6.45) is 3.68. The predicted octanol–water partition coefficient (Wildman–Crippen LogP) is 1.03. The Bertz CT molecular complexity index is 910. The maximum atomic E-state index is 12.4. The number of thiophene rings is 1. The van der Waals surface area contributed by atoms with Crippen molar-refractivity contribution in [2.45, 2.75) is 19.5 Å². The van der Waals surface area contributed by atoms with Crippen LogP contribution in [-0.4, -0.2) is 32.1 Å². The van der Waals surface area contributed by atoms with Gasteiger partial charge >= 0.3 is 0 Å². The average molecular weight is 316 g/mol. The first-order valence-corrected chi connectivity index (χ1v) is 7.73. The molecule has 3 aromatic heterocycles. The molecule has 1 aliphatic heterocycles. The lowest BCUT2D eigenvalue weighted by Gasteiger charge is -2.25. The van der Waals surface area contributed by atoms with E-state index in [0.29, 0.717) is 29.7 Å². The van der Waals surface area contributed by atoms with Gasteiger partial charge in [-0.3, -0.25) is 14.2 Å². The van der Waals surface area contributed by atoms with Crippen LogP contribution in [0.15, 0.2) is 33.4 Å². The van der Waals surface area contributed by atoms with E-state index in [1.54, 1.807) is 17.2 Å². The van der Waals surface area contributed by atoms with Crippen LogP contribution in [0.25, 0.3) is 10.2 Å². The van der Waals surface area contributed by atoms with Crippen LogP contribution in [0.2, 0.25) is 0 Å². The Balaban J connectivity index is 1.56. The fourth-order valence-corrected chi connectivity index (χ4v) is 3.38. The molecule has 4 heterocycles. The van der Waals surface area contributed by atoms with E-state index in [0.717, 1.165) is 11.3 Å². The second-order valence-corrected chi connectivity index (χ2v) is 6.08. The molecule has 22 heavy (non-hydrogen) atoms. The second kappa shape index (κ2) is 5.06. The van der Waals surface area contributed by atoms with Gasteiger partial charge in [-0.2, -0.15) is 0 Å². The summed E-state index contributed by atoms with van der Waals surface area (Å²) in [5, 5.41) is 5.72. The van der Waals surface area contributed by atoms with Crippen LogP contribution in [0.4, 0.5) is 0 Å². The zero-order chi connectivity index (χ0) is 15.1. The van der Waals surface area contributed by atoms with Gasteiger partial charge in [0.2, 0.25) is 5.91 Å². The molecule has 0 unspecified atom stereocenters. The van der Waals surface area contributed by atoms with Gasteiger partial charge in [-0.05, 0) is 11.4 Å². The second-order valence-electron chi connectivity index (χ2n) is 5.16. The highest BCUT2D eigenvalue weighted by Crippen LogP contribution is 2.18. The lowest BCUT2D eigenvalue weighted by Crippen LogP contribution is -2.39. The fraction of sp³-hybridized carbons (Fsp3) is 0.286. The smallest absolute Gasteiger partial charge is 0.271 e. The minimum atomic E-state index is -0.170. The largest absolute Gasteiger partial charge is 0.364 e. The Morgan fingerprint density at radius 1 is 1.45 bits per heavy atom. The minimum Gasteiger partial charge on any atom is -0.364 e. The Kier molecular flexibility index (Phi) is 3.04. The molecular weight excluding hydrogens is 304 g/mol. The molecule has 0 atom stereocenters. The molecule has 4 rings (SSSR count). The van der Waals surface area contributed by atoms with Crippen molar-refractivity contribution in [2.75, 3.05) is 6.54 Å². The summed E-state index contributed by atoms with van der Waals surface area (Å²) in [6.45, 7) is 1.06. The molecule has 3 aromatic rings. The first-order chi connectivity index (χ1) is 10.7. The van der Waals surface area contributed by atoms with Crippen LogP contribution in [0.3, 0.4) is 0 Å². The molecule has 1 amide bonds. The Hall–Kier alpha value is -2.48. The van der Waals surface area contributed by atoms with Crippen molar-refractivity contribution in [1.82, 2.24) is 19.6 Å². The molecule has 0 aliphatic carbocycles. The normalized spacial score (nSPS) is 14.3. The quantitative estimate of drug-likeness (QED) is 0.705. The van der Waals surface area contributed by atoms with Crippen LogP contribution in [0.5, 0.6) is 0 Å². The molecule has 1 aliphatic rings. The monoisotopic (exact) mass is 316 g/mol. The van der Waals surface area contributed by atoms with Gasteiger partial charge in [0.05, 0.1) is 24.1 Å². The summed E-state index contributed by atoms with van der Waals surface area (Å²) in [7, 11) is 0. The molecule has 0 radical (unpaired) electrons. The van der Waals surface area contributed by atoms with Gasteiger partial charge in [-0.25, -0.2) is 4.98 Å². The number of hydrogen-bond acceptors (Lipinski definition) is 6. The van der Waals surface area contributed by atoms with Crippen molar-refractivity contribution in [3.8, 4) is 0 Å². The van der Waals surface area contributed by atoms with E-state index >= 15 is 0 Å². The van der Waals surface area contributed by atoms with Crippen LogP contribution >= 0.6 is 11.3 Å². The van der Waals surface area contributed by atoms with Gasteiger partial charge in [-0.1, -0.05) is 5.16 Å². The van der Waals surface area contributed by atoms with Crippen molar-refractivity contribution in [3.63, 3.8) is 0 Å². The first kappa shape index (κ1) is 13.2. The maximum Gasteiger partial charge on any atom is 0.271 e. The maximum absolute atomic E-state index is 12.4. The SMILES string of the molecule is O=C(Cn1cnc2ccsc2c1=O)N1CCc2nocc2C1. The summed E-state index contributed by atoms with van der Waals surface area (Å²) >= 11 is 1.34. The Labute approximate surface area is 128 Å². The van der Waals surface area contributed by atoms with Gasteiger partial charge in [-0.15, -0.1) is 11.3 Å². The van der Waals surface area contributed by atoms with E-state index in [1.807, 2.05) is 5.38 Å². The van der Waals surface area contributed by atoms with E-state index in [9.17, 15) is 9.59 Å². The van der Waals surface area contributed by atoms with Crippen LogP contribution in [0, 0.1) is 0 Å². The molecular formula is C14H12N4O3S. The Morgan fingerprint density at radius 3 is 3.27 bits per heavy atom. The minimum absolute atomic E-state index is 0.000284. The van der Waals surface area contributed by atoms with E-state index < -0.39 is 0 Å². The van der Waals surface area contributed by atoms with Gasteiger partial charge in [0.15, 0.2) is 0 Å². The van der Waals surface area contributed by atoms with Crippen LogP contribution in [0.1, 0.15) is 11.3 Å². The third-order valence-corrected chi connectivity index (χ3v) is 4.69. The van der Waals surface area contributed by atoms with Crippen molar-refractivity contribution >= 4 is 27.5 Å². The van der Waals surface area contributed by atoms with Crippen molar-refractivity contribution < 1.29 is 9.32 Å². The predicted molar refractivity (Wildman–Crippen MR) is 79.5 cm³/mol.